The van der Waals surface area contributed by atoms with Gasteiger partial charge in [-0.05, 0) is 49.4 Å². The Labute approximate surface area is 112 Å². The second-order valence-electron chi connectivity index (χ2n) is 5.28. The van der Waals surface area contributed by atoms with Crippen LogP contribution in [0.2, 0.25) is 0 Å². The molecule has 1 rings (SSSR count). The maximum absolute atomic E-state index is 3.41. The van der Waals surface area contributed by atoms with E-state index < -0.39 is 0 Å². The van der Waals surface area contributed by atoms with E-state index in [0.29, 0.717) is 0 Å². The molecule has 1 N–H and O–H groups in total. The standard InChI is InChI=1S/C17H27N/c1-4-11-18-12-6-5-8-16-9-7-10-17(14-16)13-15(2)3/h5,7-10,14-15,18H,4,6,11-13H2,1-3H3/b8-5+. The summed E-state index contributed by atoms with van der Waals surface area (Å²) in [6, 6.07) is 8.86. The molecule has 0 bridgehead atoms. The van der Waals surface area contributed by atoms with Crippen LogP contribution in [0, 0.1) is 5.92 Å². The van der Waals surface area contributed by atoms with Crippen LogP contribution in [0.5, 0.6) is 0 Å². The summed E-state index contributed by atoms with van der Waals surface area (Å²) in [4.78, 5) is 0. The minimum absolute atomic E-state index is 0.725. The van der Waals surface area contributed by atoms with Gasteiger partial charge in [-0.1, -0.05) is 57.2 Å². The Morgan fingerprint density at radius 2 is 2.06 bits per heavy atom. The highest BCUT2D eigenvalue weighted by Gasteiger charge is 1.97. The maximum atomic E-state index is 3.41. The van der Waals surface area contributed by atoms with Crippen LogP contribution in [0.4, 0.5) is 0 Å². The lowest BCUT2D eigenvalue weighted by Crippen LogP contribution is -2.14. The largest absolute Gasteiger partial charge is 0.316 e. The van der Waals surface area contributed by atoms with Crippen LogP contribution in [0.25, 0.3) is 6.08 Å². The lowest BCUT2D eigenvalue weighted by molar-refractivity contribution is 0.647. The zero-order chi connectivity index (χ0) is 13.2. The lowest BCUT2D eigenvalue weighted by atomic mass is 10.0. The summed E-state index contributed by atoms with van der Waals surface area (Å²) in [6.07, 6.45) is 7.98. The van der Waals surface area contributed by atoms with E-state index >= 15 is 0 Å². The molecule has 0 aliphatic heterocycles. The Balaban J connectivity index is 2.39. The first-order valence-corrected chi connectivity index (χ1v) is 7.18. The summed E-state index contributed by atoms with van der Waals surface area (Å²) in [5.74, 6) is 0.725. The van der Waals surface area contributed by atoms with Crippen molar-refractivity contribution in [1.82, 2.24) is 5.32 Å². The molecule has 1 aromatic rings. The molecule has 0 heterocycles. The van der Waals surface area contributed by atoms with E-state index in [1.165, 1.54) is 24.0 Å². The number of hydrogen-bond donors (Lipinski definition) is 1. The zero-order valence-corrected chi connectivity index (χ0v) is 12.1. The molecule has 0 aliphatic rings. The van der Waals surface area contributed by atoms with Gasteiger partial charge in [0, 0.05) is 0 Å². The van der Waals surface area contributed by atoms with Crippen LogP contribution in [-0.2, 0) is 6.42 Å². The number of benzene rings is 1. The first kappa shape index (κ1) is 15.0. The van der Waals surface area contributed by atoms with Crippen molar-refractivity contribution in [2.75, 3.05) is 13.1 Å². The van der Waals surface area contributed by atoms with Gasteiger partial charge in [-0.3, -0.25) is 0 Å². The van der Waals surface area contributed by atoms with Crippen molar-refractivity contribution in [3.63, 3.8) is 0 Å². The minimum atomic E-state index is 0.725. The maximum Gasteiger partial charge on any atom is -0.00142 e. The van der Waals surface area contributed by atoms with Crippen molar-refractivity contribution in [2.45, 2.75) is 40.0 Å². The third-order valence-corrected chi connectivity index (χ3v) is 2.82. The second kappa shape index (κ2) is 8.93. The predicted octanol–water partition coefficient (Wildman–Crippen LogP) is 4.29. The van der Waals surface area contributed by atoms with Gasteiger partial charge in [-0.25, -0.2) is 0 Å². The Morgan fingerprint density at radius 1 is 1.22 bits per heavy atom. The third kappa shape index (κ3) is 6.61. The van der Waals surface area contributed by atoms with Gasteiger partial charge in [0.15, 0.2) is 0 Å². The number of nitrogens with one attached hydrogen (secondary N) is 1. The summed E-state index contributed by atoms with van der Waals surface area (Å²) < 4.78 is 0. The molecule has 1 aromatic carbocycles. The van der Waals surface area contributed by atoms with Crippen molar-refractivity contribution in [3.8, 4) is 0 Å². The smallest absolute Gasteiger partial charge is 0.00142 e. The highest BCUT2D eigenvalue weighted by Crippen LogP contribution is 2.11. The van der Waals surface area contributed by atoms with E-state index in [1.807, 2.05) is 0 Å². The Hall–Kier alpha value is -1.08. The summed E-state index contributed by atoms with van der Waals surface area (Å²) in [6.45, 7) is 8.93. The van der Waals surface area contributed by atoms with Crippen LogP contribution < -0.4 is 5.32 Å². The van der Waals surface area contributed by atoms with E-state index in [-0.39, 0.29) is 0 Å². The first-order valence-electron chi connectivity index (χ1n) is 7.18. The van der Waals surface area contributed by atoms with Crippen LogP contribution in [0.1, 0.15) is 44.7 Å². The van der Waals surface area contributed by atoms with Gasteiger partial charge in [0.05, 0.1) is 0 Å². The molecular weight excluding hydrogens is 218 g/mol. The molecule has 0 radical (unpaired) electrons. The van der Waals surface area contributed by atoms with Crippen molar-refractivity contribution in [1.29, 1.82) is 0 Å². The molecule has 0 saturated heterocycles. The highest BCUT2D eigenvalue weighted by atomic mass is 14.8. The van der Waals surface area contributed by atoms with Crippen LogP contribution in [0.3, 0.4) is 0 Å². The van der Waals surface area contributed by atoms with E-state index in [1.54, 1.807) is 0 Å². The molecule has 0 unspecified atom stereocenters. The van der Waals surface area contributed by atoms with Gasteiger partial charge < -0.3 is 5.32 Å². The van der Waals surface area contributed by atoms with Crippen molar-refractivity contribution < 1.29 is 0 Å². The fourth-order valence-corrected chi connectivity index (χ4v) is 2.00. The number of hydrogen-bond acceptors (Lipinski definition) is 1. The van der Waals surface area contributed by atoms with Gasteiger partial charge in [0.1, 0.15) is 0 Å². The van der Waals surface area contributed by atoms with Crippen molar-refractivity contribution >= 4 is 6.08 Å². The van der Waals surface area contributed by atoms with Gasteiger partial charge in [0.2, 0.25) is 0 Å². The molecule has 0 spiro atoms. The van der Waals surface area contributed by atoms with Crippen LogP contribution >= 0.6 is 0 Å². The molecule has 0 fully saturated rings. The summed E-state index contributed by atoms with van der Waals surface area (Å²) in [5.41, 5.74) is 2.76. The first-order chi connectivity index (χ1) is 8.72. The number of rotatable bonds is 8. The molecule has 1 heteroatoms. The SMILES string of the molecule is CCCNCC/C=C/c1cccc(CC(C)C)c1. The molecule has 0 aromatic heterocycles. The predicted molar refractivity (Wildman–Crippen MR) is 81.8 cm³/mol. The average Bonchev–Trinajstić information content (AvgIpc) is 2.33. The Bertz CT molecular complexity index is 352. The molecule has 100 valence electrons. The highest BCUT2D eigenvalue weighted by molar-refractivity contribution is 5.50. The summed E-state index contributed by atoms with van der Waals surface area (Å²) >= 11 is 0. The van der Waals surface area contributed by atoms with Gasteiger partial charge in [-0.2, -0.15) is 0 Å². The zero-order valence-electron chi connectivity index (χ0n) is 12.1. The third-order valence-electron chi connectivity index (χ3n) is 2.82. The normalized spacial score (nSPS) is 11.6. The van der Waals surface area contributed by atoms with Gasteiger partial charge in [-0.15, -0.1) is 0 Å². The lowest BCUT2D eigenvalue weighted by Gasteiger charge is -2.05. The van der Waals surface area contributed by atoms with E-state index in [4.69, 9.17) is 0 Å². The van der Waals surface area contributed by atoms with E-state index in [2.05, 4.69) is 62.5 Å². The van der Waals surface area contributed by atoms with Crippen LogP contribution in [-0.4, -0.2) is 13.1 Å². The fourth-order valence-electron chi connectivity index (χ4n) is 2.00. The fraction of sp³-hybridized carbons (Fsp3) is 0.529. The molecule has 0 aliphatic carbocycles. The molecular formula is C17H27N. The molecule has 0 saturated carbocycles. The van der Waals surface area contributed by atoms with Gasteiger partial charge in [0.25, 0.3) is 0 Å². The molecule has 1 nitrogen and oxygen atoms in total. The van der Waals surface area contributed by atoms with Gasteiger partial charge >= 0.3 is 0 Å². The summed E-state index contributed by atoms with van der Waals surface area (Å²) in [7, 11) is 0. The van der Waals surface area contributed by atoms with Crippen molar-refractivity contribution in [2.24, 2.45) is 5.92 Å². The Morgan fingerprint density at radius 3 is 2.78 bits per heavy atom. The molecule has 0 atom stereocenters. The monoisotopic (exact) mass is 245 g/mol. The molecule has 0 amide bonds. The second-order valence-corrected chi connectivity index (χ2v) is 5.28. The molecule has 18 heavy (non-hydrogen) atoms. The van der Waals surface area contributed by atoms with E-state index in [0.717, 1.165) is 25.4 Å². The topological polar surface area (TPSA) is 12.0 Å². The average molecular weight is 245 g/mol. The summed E-state index contributed by atoms with van der Waals surface area (Å²) in [5, 5.41) is 3.41. The minimum Gasteiger partial charge on any atom is -0.316 e. The Kier molecular flexibility index (Phi) is 7.43. The van der Waals surface area contributed by atoms with Crippen LogP contribution in [0.15, 0.2) is 30.3 Å². The quantitative estimate of drug-likeness (QED) is 0.674. The van der Waals surface area contributed by atoms with Crippen molar-refractivity contribution in [3.05, 3.63) is 41.5 Å². The van der Waals surface area contributed by atoms with E-state index in [9.17, 15) is 0 Å².